The van der Waals surface area contributed by atoms with Gasteiger partial charge < -0.3 is 5.32 Å². The number of anilines is 2. The third-order valence-corrected chi connectivity index (χ3v) is 5.09. The molecule has 3 N–H and O–H groups in total. The zero-order valence-electron chi connectivity index (χ0n) is 15.4. The third kappa shape index (κ3) is 6.70. The summed E-state index contributed by atoms with van der Waals surface area (Å²) in [6.45, 7) is 1.74. The summed E-state index contributed by atoms with van der Waals surface area (Å²) in [5.74, 6) is -0.442. The highest BCUT2D eigenvalue weighted by molar-refractivity contribution is 7.92. The Morgan fingerprint density at radius 2 is 1.61 bits per heavy atom. The van der Waals surface area contributed by atoms with Crippen molar-refractivity contribution in [3.63, 3.8) is 0 Å². The SMILES string of the molecule is CC(NC(=O)c1ccc(Cl)c(NS(C)(=O)=O)c1)c1cccc(NS(C)(=O)=O)c1. The van der Waals surface area contributed by atoms with Crippen molar-refractivity contribution in [2.75, 3.05) is 22.0 Å². The molecule has 28 heavy (non-hydrogen) atoms. The molecule has 0 aromatic heterocycles. The average Bonchev–Trinajstić information content (AvgIpc) is 2.54. The van der Waals surface area contributed by atoms with Gasteiger partial charge in [0.2, 0.25) is 20.0 Å². The second kappa shape index (κ2) is 8.38. The zero-order valence-corrected chi connectivity index (χ0v) is 17.7. The topological polar surface area (TPSA) is 121 Å². The Morgan fingerprint density at radius 1 is 0.964 bits per heavy atom. The third-order valence-electron chi connectivity index (χ3n) is 3.56. The van der Waals surface area contributed by atoms with Crippen molar-refractivity contribution in [1.82, 2.24) is 5.32 Å². The molecule has 0 aliphatic rings. The van der Waals surface area contributed by atoms with Crippen LogP contribution in [-0.4, -0.2) is 35.3 Å². The van der Waals surface area contributed by atoms with Crippen molar-refractivity contribution in [1.29, 1.82) is 0 Å². The first-order chi connectivity index (χ1) is 12.8. The van der Waals surface area contributed by atoms with Crippen LogP contribution in [0.3, 0.4) is 0 Å². The summed E-state index contributed by atoms with van der Waals surface area (Å²) < 4.78 is 50.2. The van der Waals surface area contributed by atoms with E-state index in [9.17, 15) is 21.6 Å². The lowest BCUT2D eigenvalue weighted by Crippen LogP contribution is -2.27. The highest BCUT2D eigenvalue weighted by Gasteiger charge is 2.15. The summed E-state index contributed by atoms with van der Waals surface area (Å²) in [7, 11) is -6.97. The second-order valence-corrected chi connectivity index (χ2v) is 10.2. The average molecular weight is 446 g/mol. The Kier molecular flexibility index (Phi) is 6.58. The molecule has 0 fully saturated rings. The predicted molar refractivity (Wildman–Crippen MR) is 111 cm³/mol. The Balaban J connectivity index is 2.19. The van der Waals surface area contributed by atoms with Gasteiger partial charge in [0.15, 0.2) is 0 Å². The molecular weight excluding hydrogens is 426 g/mol. The van der Waals surface area contributed by atoms with Crippen molar-refractivity contribution in [3.05, 3.63) is 58.6 Å². The largest absolute Gasteiger partial charge is 0.346 e. The van der Waals surface area contributed by atoms with Gasteiger partial charge in [-0.1, -0.05) is 23.7 Å². The lowest BCUT2D eigenvalue weighted by atomic mass is 10.1. The first-order valence-electron chi connectivity index (χ1n) is 8.00. The van der Waals surface area contributed by atoms with E-state index in [0.29, 0.717) is 11.3 Å². The smallest absolute Gasteiger partial charge is 0.251 e. The van der Waals surface area contributed by atoms with Gasteiger partial charge in [0.1, 0.15) is 0 Å². The van der Waals surface area contributed by atoms with Crippen molar-refractivity contribution in [2.45, 2.75) is 13.0 Å². The van der Waals surface area contributed by atoms with Gasteiger partial charge in [-0.3, -0.25) is 14.2 Å². The second-order valence-electron chi connectivity index (χ2n) is 6.26. The molecule has 11 heteroatoms. The maximum absolute atomic E-state index is 12.5. The zero-order chi connectivity index (χ0) is 21.1. The maximum Gasteiger partial charge on any atom is 0.251 e. The quantitative estimate of drug-likeness (QED) is 0.604. The molecule has 2 rings (SSSR count). The molecule has 2 aromatic carbocycles. The molecular formula is C17H20ClN3O5S2. The normalized spacial score (nSPS) is 12.9. The molecule has 0 aliphatic heterocycles. The van der Waals surface area contributed by atoms with Crippen LogP contribution in [-0.2, 0) is 20.0 Å². The minimum Gasteiger partial charge on any atom is -0.346 e. The monoisotopic (exact) mass is 445 g/mol. The summed E-state index contributed by atoms with van der Waals surface area (Å²) >= 11 is 5.96. The number of carbonyl (C=O) groups excluding carboxylic acids is 1. The Labute approximate surface area is 169 Å². The van der Waals surface area contributed by atoms with E-state index >= 15 is 0 Å². The molecule has 1 amide bonds. The molecule has 0 radical (unpaired) electrons. The van der Waals surface area contributed by atoms with Crippen LogP contribution in [0.1, 0.15) is 28.9 Å². The van der Waals surface area contributed by atoms with E-state index < -0.39 is 32.0 Å². The highest BCUT2D eigenvalue weighted by atomic mass is 35.5. The van der Waals surface area contributed by atoms with Gasteiger partial charge in [-0.25, -0.2) is 16.8 Å². The maximum atomic E-state index is 12.5. The van der Waals surface area contributed by atoms with Gasteiger partial charge in [-0.2, -0.15) is 0 Å². The van der Waals surface area contributed by atoms with Gasteiger partial charge in [0.25, 0.3) is 5.91 Å². The van der Waals surface area contributed by atoms with E-state index in [1.807, 2.05) is 0 Å². The van der Waals surface area contributed by atoms with Crippen LogP contribution in [0.15, 0.2) is 42.5 Å². The van der Waals surface area contributed by atoms with Crippen LogP contribution in [0, 0.1) is 0 Å². The first-order valence-corrected chi connectivity index (χ1v) is 12.2. The summed E-state index contributed by atoms with van der Waals surface area (Å²) in [5.41, 5.74) is 1.38. The van der Waals surface area contributed by atoms with Crippen molar-refractivity contribution >= 4 is 48.9 Å². The highest BCUT2D eigenvalue weighted by Crippen LogP contribution is 2.25. The van der Waals surface area contributed by atoms with Crippen LogP contribution in [0.4, 0.5) is 11.4 Å². The Bertz CT molecular complexity index is 1100. The van der Waals surface area contributed by atoms with Crippen LogP contribution in [0.25, 0.3) is 0 Å². The number of halogens is 1. The van der Waals surface area contributed by atoms with Gasteiger partial charge >= 0.3 is 0 Å². The number of sulfonamides is 2. The lowest BCUT2D eigenvalue weighted by Gasteiger charge is -2.16. The standard InChI is InChI=1S/C17H20ClN3O5S2/c1-11(12-5-4-6-14(9-12)20-27(2,23)24)19-17(22)13-7-8-15(18)16(10-13)21-28(3,25)26/h4-11,20-21H,1-3H3,(H,19,22). The molecule has 0 bridgehead atoms. The molecule has 1 unspecified atom stereocenters. The number of hydrogen-bond donors (Lipinski definition) is 3. The number of hydrogen-bond acceptors (Lipinski definition) is 5. The molecule has 0 saturated heterocycles. The molecule has 0 heterocycles. The summed E-state index contributed by atoms with van der Waals surface area (Å²) in [5, 5.41) is 2.94. The minimum absolute atomic E-state index is 0.101. The number of rotatable bonds is 7. The molecule has 1 atom stereocenters. The molecule has 8 nitrogen and oxygen atoms in total. The van der Waals surface area contributed by atoms with Crippen molar-refractivity contribution in [3.8, 4) is 0 Å². The van der Waals surface area contributed by atoms with Crippen molar-refractivity contribution < 1.29 is 21.6 Å². The van der Waals surface area contributed by atoms with Crippen LogP contribution in [0.2, 0.25) is 5.02 Å². The first kappa shape index (κ1) is 22.0. The number of carbonyl (C=O) groups is 1. The molecule has 2 aromatic rings. The number of benzene rings is 2. The lowest BCUT2D eigenvalue weighted by molar-refractivity contribution is 0.0940. The molecule has 0 aliphatic carbocycles. The van der Waals surface area contributed by atoms with Crippen molar-refractivity contribution in [2.24, 2.45) is 0 Å². The fourth-order valence-corrected chi connectivity index (χ4v) is 3.74. The summed E-state index contributed by atoms with van der Waals surface area (Å²) in [4.78, 5) is 12.5. The molecule has 0 spiro atoms. The summed E-state index contributed by atoms with van der Waals surface area (Å²) in [6, 6.07) is 10.4. The van der Waals surface area contributed by atoms with E-state index in [-0.39, 0.29) is 16.3 Å². The van der Waals surface area contributed by atoms with Gasteiger partial charge in [0.05, 0.1) is 29.3 Å². The van der Waals surface area contributed by atoms with E-state index in [0.717, 1.165) is 12.5 Å². The van der Waals surface area contributed by atoms with E-state index in [4.69, 9.17) is 11.6 Å². The van der Waals surface area contributed by atoms with E-state index in [2.05, 4.69) is 14.8 Å². The fourth-order valence-electron chi connectivity index (χ4n) is 2.39. The van der Waals surface area contributed by atoms with Gasteiger partial charge in [0, 0.05) is 11.3 Å². The van der Waals surface area contributed by atoms with E-state index in [1.165, 1.54) is 18.2 Å². The predicted octanol–water partition coefficient (Wildman–Crippen LogP) is 2.57. The van der Waals surface area contributed by atoms with Crippen LogP contribution in [0.5, 0.6) is 0 Å². The van der Waals surface area contributed by atoms with Gasteiger partial charge in [-0.05, 0) is 42.8 Å². The fraction of sp³-hybridized carbons (Fsp3) is 0.235. The molecule has 152 valence electrons. The van der Waals surface area contributed by atoms with E-state index in [1.54, 1.807) is 31.2 Å². The van der Waals surface area contributed by atoms with Crippen LogP contribution >= 0.6 is 11.6 Å². The molecule has 0 saturated carbocycles. The number of amides is 1. The Hall–Kier alpha value is -2.30. The van der Waals surface area contributed by atoms with Gasteiger partial charge in [-0.15, -0.1) is 0 Å². The minimum atomic E-state index is -3.55. The number of nitrogens with one attached hydrogen (secondary N) is 3. The summed E-state index contributed by atoms with van der Waals surface area (Å²) in [6.07, 6.45) is 2.03. The van der Waals surface area contributed by atoms with Crippen LogP contribution < -0.4 is 14.8 Å². The Morgan fingerprint density at radius 3 is 2.21 bits per heavy atom.